The number of nitriles is 1. The summed E-state index contributed by atoms with van der Waals surface area (Å²) in [6.45, 7) is 9.78. The first kappa shape index (κ1) is 23.6. The maximum atomic E-state index is 11.0. The van der Waals surface area contributed by atoms with Crippen molar-refractivity contribution in [1.29, 1.82) is 5.26 Å². The highest BCUT2D eigenvalue weighted by Crippen LogP contribution is 2.69. The van der Waals surface area contributed by atoms with E-state index in [1.807, 2.05) is 0 Å². The van der Waals surface area contributed by atoms with Gasteiger partial charge in [-0.25, -0.2) is 0 Å². The van der Waals surface area contributed by atoms with Crippen molar-refractivity contribution in [3.8, 4) is 6.07 Å². The molecule has 0 aromatic heterocycles. The van der Waals surface area contributed by atoms with Gasteiger partial charge in [-0.05, 0) is 123 Å². The number of aliphatic hydroxyl groups is 2. The molecule has 0 heterocycles. The second-order valence-corrected chi connectivity index (χ2v) is 12.7. The summed E-state index contributed by atoms with van der Waals surface area (Å²) in [5.74, 6) is 4.74. The predicted octanol–water partition coefficient (Wildman–Crippen LogP) is 6.48. The Bertz CT molecular complexity index is 687. The van der Waals surface area contributed by atoms with E-state index in [2.05, 4.69) is 33.8 Å². The topological polar surface area (TPSA) is 64.2 Å². The molecule has 4 fully saturated rings. The summed E-state index contributed by atoms with van der Waals surface area (Å²) < 4.78 is 0. The average Bonchev–Trinajstić information content (AvgIpc) is 3.10. The number of nitrogens with zero attached hydrogens (tertiary/aromatic N) is 1. The summed E-state index contributed by atoms with van der Waals surface area (Å²) in [7, 11) is 0. The van der Waals surface area contributed by atoms with Gasteiger partial charge in [0.2, 0.25) is 0 Å². The van der Waals surface area contributed by atoms with Crippen LogP contribution in [-0.2, 0) is 0 Å². The van der Waals surface area contributed by atoms with E-state index in [1.54, 1.807) is 0 Å². The average molecular weight is 430 g/mol. The van der Waals surface area contributed by atoms with E-state index >= 15 is 0 Å². The van der Waals surface area contributed by atoms with Crippen molar-refractivity contribution < 1.29 is 10.2 Å². The van der Waals surface area contributed by atoms with E-state index in [9.17, 15) is 10.2 Å². The van der Waals surface area contributed by atoms with Crippen molar-refractivity contribution in [2.75, 3.05) is 0 Å². The zero-order chi connectivity index (χ0) is 22.4. The molecule has 0 amide bonds. The van der Waals surface area contributed by atoms with E-state index < -0.39 is 11.7 Å². The molecule has 3 heteroatoms. The second kappa shape index (κ2) is 8.64. The molecule has 31 heavy (non-hydrogen) atoms. The van der Waals surface area contributed by atoms with Gasteiger partial charge in [0, 0.05) is 0 Å². The SMILES string of the molecule is CC[C@]1(O)CC[C@@]2(C)[C@@H](CC[C@@H]3[C@@H]2CC[C@]2(C)[C@@H]([C@H](C)CC[C@H](O)CC#N)CC[C@@H]32)C1. The maximum absolute atomic E-state index is 11.0. The molecule has 176 valence electrons. The highest BCUT2D eigenvalue weighted by atomic mass is 16.3. The minimum absolute atomic E-state index is 0.272. The van der Waals surface area contributed by atoms with Crippen LogP contribution >= 0.6 is 0 Å². The van der Waals surface area contributed by atoms with E-state index in [-0.39, 0.29) is 6.42 Å². The highest BCUT2D eigenvalue weighted by Gasteiger charge is 2.61. The molecule has 10 atom stereocenters. The van der Waals surface area contributed by atoms with Gasteiger partial charge in [-0.2, -0.15) is 5.26 Å². The number of hydrogen-bond donors (Lipinski definition) is 2. The van der Waals surface area contributed by atoms with Gasteiger partial charge >= 0.3 is 0 Å². The van der Waals surface area contributed by atoms with Crippen LogP contribution in [0.1, 0.15) is 111 Å². The fourth-order valence-electron chi connectivity index (χ4n) is 9.48. The number of aliphatic hydroxyl groups excluding tert-OH is 1. The van der Waals surface area contributed by atoms with Gasteiger partial charge in [-0.1, -0.05) is 27.7 Å². The van der Waals surface area contributed by atoms with Crippen LogP contribution in [0.3, 0.4) is 0 Å². The lowest BCUT2D eigenvalue weighted by molar-refractivity contribution is -0.152. The van der Waals surface area contributed by atoms with Gasteiger partial charge in [0.25, 0.3) is 0 Å². The lowest BCUT2D eigenvalue weighted by atomic mass is 9.43. The van der Waals surface area contributed by atoms with Gasteiger partial charge in [-0.3, -0.25) is 0 Å². The molecule has 4 aliphatic rings. The van der Waals surface area contributed by atoms with Crippen molar-refractivity contribution in [2.24, 2.45) is 46.3 Å². The van der Waals surface area contributed by atoms with Crippen molar-refractivity contribution in [3.63, 3.8) is 0 Å². The van der Waals surface area contributed by atoms with Crippen LogP contribution in [0.5, 0.6) is 0 Å². The fraction of sp³-hybridized carbons (Fsp3) is 0.964. The molecule has 3 nitrogen and oxygen atoms in total. The molecule has 2 N–H and O–H groups in total. The Morgan fingerprint density at radius 3 is 2.42 bits per heavy atom. The summed E-state index contributed by atoms with van der Waals surface area (Å²) in [5, 5.41) is 29.9. The van der Waals surface area contributed by atoms with Crippen LogP contribution in [-0.4, -0.2) is 21.9 Å². The summed E-state index contributed by atoms with van der Waals surface area (Å²) in [6.07, 6.45) is 14.1. The van der Waals surface area contributed by atoms with Crippen LogP contribution in [0.25, 0.3) is 0 Å². The summed E-state index contributed by atoms with van der Waals surface area (Å²) in [5.41, 5.74) is 0.504. The van der Waals surface area contributed by atoms with Crippen molar-refractivity contribution >= 4 is 0 Å². The standard InChI is InChI=1S/C28H47NO2/c1-5-28(31)16-15-26(3)20(18-28)7-9-22-24-11-10-23(27(24,4)14-12-25(22)26)19(2)6-8-21(30)13-17-29/h19-25,30-31H,5-16,18H2,1-4H3/t19-,20+,21+,22+,23-,24+,25+,26+,27-,28+/m1/s1. The molecule has 0 spiro atoms. The molecule has 4 aliphatic carbocycles. The molecule has 4 saturated carbocycles. The normalized spacial score (nSPS) is 48.7. The molecule has 0 aliphatic heterocycles. The fourth-order valence-corrected chi connectivity index (χ4v) is 9.48. The van der Waals surface area contributed by atoms with Crippen molar-refractivity contribution in [1.82, 2.24) is 0 Å². The monoisotopic (exact) mass is 429 g/mol. The van der Waals surface area contributed by atoms with Gasteiger partial charge in [0.05, 0.1) is 24.2 Å². The van der Waals surface area contributed by atoms with Gasteiger partial charge in [0.1, 0.15) is 0 Å². The van der Waals surface area contributed by atoms with E-state index in [4.69, 9.17) is 5.26 Å². The summed E-state index contributed by atoms with van der Waals surface area (Å²) in [4.78, 5) is 0. The third kappa shape index (κ3) is 3.99. The molecule has 0 bridgehead atoms. The Kier molecular flexibility index (Phi) is 6.57. The summed E-state index contributed by atoms with van der Waals surface area (Å²) in [6, 6.07) is 2.11. The first-order valence-corrected chi connectivity index (χ1v) is 13.4. The quantitative estimate of drug-likeness (QED) is 0.508. The van der Waals surface area contributed by atoms with E-state index in [1.165, 1.54) is 44.9 Å². The number of fused-ring (bicyclic) bond motifs is 5. The number of rotatable bonds is 6. The third-order valence-electron chi connectivity index (χ3n) is 11.5. The molecular weight excluding hydrogens is 382 g/mol. The minimum Gasteiger partial charge on any atom is -0.392 e. The van der Waals surface area contributed by atoms with Crippen LogP contribution in [0.2, 0.25) is 0 Å². The molecule has 0 unspecified atom stereocenters. The Hall–Kier alpha value is -0.590. The zero-order valence-electron chi connectivity index (χ0n) is 20.6. The number of hydrogen-bond acceptors (Lipinski definition) is 3. The molecule has 4 rings (SSSR count). The minimum atomic E-state index is -0.448. The zero-order valence-corrected chi connectivity index (χ0v) is 20.6. The highest BCUT2D eigenvalue weighted by molar-refractivity contribution is 5.10. The third-order valence-corrected chi connectivity index (χ3v) is 11.5. The first-order valence-electron chi connectivity index (χ1n) is 13.4. The van der Waals surface area contributed by atoms with Crippen LogP contribution in [0.4, 0.5) is 0 Å². The smallest absolute Gasteiger partial charge is 0.0670 e. The lowest BCUT2D eigenvalue weighted by Crippen LogP contribution is -2.56. The maximum Gasteiger partial charge on any atom is 0.0670 e. The van der Waals surface area contributed by atoms with Crippen LogP contribution < -0.4 is 0 Å². The second-order valence-electron chi connectivity index (χ2n) is 12.7. The Balaban J connectivity index is 1.45. The largest absolute Gasteiger partial charge is 0.392 e. The van der Waals surface area contributed by atoms with Crippen LogP contribution in [0, 0.1) is 57.7 Å². The Labute approximate surface area is 191 Å². The van der Waals surface area contributed by atoms with Gasteiger partial charge < -0.3 is 10.2 Å². The predicted molar refractivity (Wildman–Crippen MR) is 125 cm³/mol. The van der Waals surface area contributed by atoms with E-state index in [0.29, 0.717) is 16.7 Å². The van der Waals surface area contributed by atoms with Crippen molar-refractivity contribution in [3.05, 3.63) is 0 Å². The van der Waals surface area contributed by atoms with Crippen molar-refractivity contribution in [2.45, 2.75) is 123 Å². The molecular formula is C28H47NO2. The van der Waals surface area contributed by atoms with Gasteiger partial charge in [-0.15, -0.1) is 0 Å². The van der Waals surface area contributed by atoms with E-state index in [0.717, 1.165) is 61.7 Å². The Morgan fingerprint density at radius 2 is 1.71 bits per heavy atom. The lowest BCUT2D eigenvalue weighted by Gasteiger charge is -2.62. The molecule has 0 radical (unpaired) electrons. The molecule has 0 aromatic rings. The first-order chi connectivity index (χ1) is 14.7. The summed E-state index contributed by atoms with van der Waals surface area (Å²) >= 11 is 0. The Morgan fingerprint density at radius 1 is 0.968 bits per heavy atom. The van der Waals surface area contributed by atoms with Gasteiger partial charge in [0.15, 0.2) is 0 Å². The van der Waals surface area contributed by atoms with Crippen LogP contribution in [0.15, 0.2) is 0 Å². The molecule has 0 saturated heterocycles. The molecule has 0 aromatic carbocycles.